The Morgan fingerprint density at radius 2 is 2.17 bits per heavy atom. The number of hydrogen-bond donors (Lipinski definition) is 0. The monoisotopic (exact) mass is 347 g/mol. The van der Waals surface area contributed by atoms with Crippen LogP contribution in [0.4, 0.5) is 4.39 Å². The average molecular weight is 348 g/mol. The molecule has 0 saturated carbocycles. The van der Waals surface area contributed by atoms with Gasteiger partial charge in [-0.15, -0.1) is 5.10 Å². The summed E-state index contributed by atoms with van der Waals surface area (Å²) in [6, 6.07) is 2.96. The second-order valence-electron chi connectivity index (χ2n) is 5.31. The number of aromatic nitrogens is 5. The minimum absolute atomic E-state index is 0.0174. The minimum Gasteiger partial charge on any atom is -0.492 e. The zero-order valence-corrected chi connectivity index (χ0v) is 13.9. The second-order valence-corrected chi connectivity index (χ2v) is 5.71. The summed E-state index contributed by atoms with van der Waals surface area (Å²) >= 11 is 6.03. The fourth-order valence-corrected chi connectivity index (χ4v) is 2.64. The van der Waals surface area contributed by atoms with Crippen molar-refractivity contribution >= 4 is 11.6 Å². The standard InChI is InChI=1S/C16H15ClFN5O/c1-10(5-12-8-19-3-4-20-12)23-9-15(21-22-23)11-6-13(17)16(24-2)14(18)7-11/h3-4,6-10H,5H2,1-2H3. The smallest absolute Gasteiger partial charge is 0.173 e. The summed E-state index contributed by atoms with van der Waals surface area (Å²) in [5, 5.41) is 8.40. The molecule has 1 aromatic carbocycles. The van der Waals surface area contributed by atoms with Crippen molar-refractivity contribution in [1.29, 1.82) is 0 Å². The van der Waals surface area contributed by atoms with Gasteiger partial charge >= 0.3 is 0 Å². The molecule has 8 heteroatoms. The minimum atomic E-state index is -0.540. The summed E-state index contributed by atoms with van der Waals surface area (Å²) in [6.45, 7) is 1.99. The molecule has 0 radical (unpaired) electrons. The fraction of sp³-hybridized carbons (Fsp3) is 0.250. The quantitative estimate of drug-likeness (QED) is 0.708. The zero-order chi connectivity index (χ0) is 17.1. The normalized spacial score (nSPS) is 12.2. The molecular formula is C16H15ClFN5O. The molecule has 6 nitrogen and oxygen atoms in total. The van der Waals surface area contributed by atoms with Gasteiger partial charge in [0.15, 0.2) is 11.6 Å². The van der Waals surface area contributed by atoms with Gasteiger partial charge in [0, 0.05) is 30.6 Å². The summed E-state index contributed by atoms with van der Waals surface area (Å²) in [6.07, 6.45) is 7.40. The molecule has 0 aliphatic rings. The predicted molar refractivity (Wildman–Crippen MR) is 87.4 cm³/mol. The number of benzene rings is 1. The Morgan fingerprint density at radius 1 is 1.33 bits per heavy atom. The zero-order valence-electron chi connectivity index (χ0n) is 13.1. The Hall–Kier alpha value is -2.54. The Bertz CT molecular complexity index is 816. The van der Waals surface area contributed by atoms with E-state index in [0.29, 0.717) is 17.7 Å². The van der Waals surface area contributed by atoms with Gasteiger partial charge in [0.1, 0.15) is 5.69 Å². The van der Waals surface area contributed by atoms with Crippen molar-refractivity contribution in [2.45, 2.75) is 19.4 Å². The summed E-state index contributed by atoms with van der Waals surface area (Å²) in [4.78, 5) is 8.29. The third kappa shape index (κ3) is 3.35. The van der Waals surface area contributed by atoms with Crippen LogP contribution in [-0.2, 0) is 6.42 Å². The van der Waals surface area contributed by atoms with E-state index in [2.05, 4.69) is 20.3 Å². The van der Waals surface area contributed by atoms with E-state index in [1.54, 1.807) is 35.5 Å². The molecule has 124 valence electrons. The maximum absolute atomic E-state index is 14.0. The van der Waals surface area contributed by atoms with Gasteiger partial charge in [-0.25, -0.2) is 9.07 Å². The van der Waals surface area contributed by atoms with E-state index in [4.69, 9.17) is 16.3 Å². The lowest BCUT2D eigenvalue weighted by Gasteiger charge is -2.10. The van der Waals surface area contributed by atoms with Gasteiger partial charge in [-0.1, -0.05) is 16.8 Å². The van der Waals surface area contributed by atoms with E-state index in [1.807, 2.05) is 6.92 Å². The molecule has 24 heavy (non-hydrogen) atoms. The van der Waals surface area contributed by atoms with Crippen molar-refractivity contribution in [3.05, 3.63) is 53.5 Å². The molecule has 0 N–H and O–H groups in total. The third-order valence-corrected chi connectivity index (χ3v) is 3.86. The molecule has 0 aliphatic heterocycles. The number of ether oxygens (including phenoxy) is 1. The summed E-state index contributed by atoms with van der Waals surface area (Å²) in [5.41, 5.74) is 1.93. The van der Waals surface area contributed by atoms with Crippen LogP contribution in [0.5, 0.6) is 5.75 Å². The summed E-state index contributed by atoms with van der Waals surface area (Å²) < 4.78 is 20.6. The van der Waals surface area contributed by atoms with Crippen molar-refractivity contribution < 1.29 is 9.13 Å². The second kappa shape index (κ2) is 6.92. The van der Waals surface area contributed by atoms with Crippen molar-refractivity contribution in [1.82, 2.24) is 25.0 Å². The fourth-order valence-electron chi connectivity index (χ4n) is 2.36. The van der Waals surface area contributed by atoms with Gasteiger partial charge in [0.25, 0.3) is 0 Å². The van der Waals surface area contributed by atoms with Crippen LogP contribution in [-0.4, -0.2) is 32.1 Å². The van der Waals surface area contributed by atoms with Crippen LogP contribution in [0.1, 0.15) is 18.7 Å². The lowest BCUT2D eigenvalue weighted by atomic mass is 10.1. The highest BCUT2D eigenvalue weighted by atomic mass is 35.5. The van der Waals surface area contributed by atoms with E-state index in [0.717, 1.165) is 5.69 Å². The molecule has 1 atom stereocenters. The number of hydrogen-bond acceptors (Lipinski definition) is 5. The molecule has 2 aromatic heterocycles. The Balaban J connectivity index is 1.83. The van der Waals surface area contributed by atoms with E-state index in [9.17, 15) is 4.39 Å². The summed E-state index contributed by atoms with van der Waals surface area (Å²) in [7, 11) is 1.37. The van der Waals surface area contributed by atoms with Crippen LogP contribution in [0.15, 0.2) is 36.9 Å². The van der Waals surface area contributed by atoms with Gasteiger partial charge in [-0.3, -0.25) is 9.97 Å². The molecule has 0 bridgehead atoms. The molecule has 3 rings (SSSR count). The number of rotatable bonds is 5. The Morgan fingerprint density at radius 3 is 2.83 bits per heavy atom. The molecule has 0 spiro atoms. The van der Waals surface area contributed by atoms with Crippen molar-refractivity contribution in [2.24, 2.45) is 0 Å². The van der Waals surface area contributed by atoms with Crippen LogP contribution in [0.3, 0.4) is 0 Å². The SMILES string of the molecule is COc1c(F)cc(-c2cn(C(C)Cc3cnccn3)nn2)cc1Cl. The van der Waals surface area contributed by atoms with Crippen LogP contribution < -0.4 is 4.74 Å². The molecule has 0 saturated heterocycles. The molecule has 0 amide bonds. The lowest BCUT2D eigenvalue weighted by Crippen LogP contribution is -2.10. The topological polar surface area (TPSA) is 65.7 Å². The number of methoxy groups -OCH3 is 1. The highest BCUT2D eigenvalue weighted by molar-refractivity contribution is 6.32. The van der Waals surface area contributed by atoms with E-state index in [-0.39, 0.29) is 16.8 Å². The van der Waals surface area contributed by atoms with Crippen LogP contribution in [0, 0.1) is 5.82 Å². The highest BCUT2D eigenvalue weighted by Gasteiger charge is 2.15. The molecule has 2 heterocycles. The molecule has 1 unspecified atom stereocenters. The van der Waals surface area contributed by atoms with Crippen molar-refractivity contribution in [3.63, 3.8) is 0 Å². The maximum atomic E-state index is 14.0. The first-order valence-electron chi connectivity index (χ1n) is 7.28. The Labute approximate surface area is 143 Å². The van der Waals surface area contributed by atoms with E-state index < -0.39 is 5.82 Å². The van der Waals surface area contributed by atoms with Gasteiger partial charge in [-0.05, 0) is 19.1 Å². The van der Waals surface area contributed by atoms with Crippen LogP contribution in [0.2, 0.25) is 5.02 Å². The van der Waals surface area contributed by atoms with Gasteiger partial charge in [-0.2, -0.15) is 0 Å². The van der Waals surface area contributed by atoms with Crippen LogP contribution >= 0.6 is 11.6 Å². The molecule has 0 fully saturated rings. The van der Waals surface area contributed by atoms with Crippen molar-refractivity contribution in [2.75, 3.05) is 7.11 Å². The van der Waals surface area contributed by atoms with Gasteiger partial charge in [0.2, 0.25) is 0 Å². The van der Waals surface area contributed by atoms with Gasteiger partial charge < -0.3 is 4.74 Å². The molecule has 0 aliphatic carbocycles. The first-order valence-corrected chi connectivity index (χ1v) is 7.66. The lowest BCUT2D eigenvalue weighted by molar-refractivity contribution is 0.387. The highest BCUT2D eigenvalue weighted by Crippen LogP contribution is 2.32. The van der Waals surface area contributed by atoms with Crippen molar-refractivity contribution in [3.8, 4) is 17.0 Å². The predicted octanol–water partition coefficient (Wildman–Crippen LogP) is 3.34. The molecular weight excluding hydrogens is 333 g/mol. The Kier molecular flexibility index (Phi) is 4.71. The van der Waals surface area contributed by atoms with E-state index in [1.165, 1.54) is 13.2 Å². The largest absolute Gasteiger partial charge is 0.492 e. The average Bonchev–Trinajstić information content (AvgIpc) is 3.05. The van der Waals surface area contributed by atoms with Gasteiger partial charge in [0.05, 0.1) is 30.1 Å². The third-order valence-electron chi connectivity index (χ3n) is 3.58. The molecule has 3 aromatic rings. The van der Waals surface area contributed by atoms with E-state index >= 15 is 0 Å². The summed E-state index contributed by atoms with van der Waals surface area (Å²) in [5.74, 6) is -0.522. The maximum Gasteiger partial charge on any atom is 0.173 e. The first-order chi connectivity index (χ1) is 11.6. The van der Waals surface area contributed by atoms with Crippen LogP contribution in [0.25, 0.3) is 11.3 Å². The number of nitrogens with zero attached hydrogens (tertiary/aromatic N) is 5. The number of halogens is 2. The first kappa shape index (κ1) is 16.3.